The number of carbonyl (C=O) groups excluding carboxylic acids is 2. The smallest absolute Gasteiger partial charge is 0.321 e. The first-order valence-corrected chi connectivity index (χ1v) is 10.4. The van der Waals surface area contributed by atoms with Crippen LogP contribution in [0.25, 0.3) is 0 Å². The Kier molecular flexibility index (Phi) is 7.54. The van der Waals surface area contributed by atoms with Gasteiger partial charge in [0.05, 0.1) is 13.2 Å². The Balaban J connectivity index is 1.42. The molecule has 3 rings (SSSR count). The summed E-state index contributed by atoms with van der Waals surface area (Å²) in [7, 11) is 0. The van der Waals surface area contributed by atoms with E-state index in [4.69, 9.17) is 4.74 Å². The summed E-state index contributed by atoms with van der Waals surface area (Å²) in [6.07, 6.45) is 4.16. The molecule has 2 N–H and O–H groups in total. The minimum Gasteiger partial charge on any atom is -0.378 e. The quantitative estimate of drug-likeness (QED) is 0.786. The molecule has 0 bridgehead atoms. The second-order valence-corrected chi connectivity index (χ2v) is 7.51. The highest BCUT2D eigenvalue weighted by Gasteiger charge is 2.23. The zero-order chi connectivity index (χ0) is 19.8. The van der Waals surface area contributed by atoms with Crippen LogP contribution in [0.3, 0.4) is 0 Å². The second-order valence-electron chi connectivity index (χ2n) is 7.51. The summed E-state index contributed by atoms with van der Waals surface area (Å²) in [6, 6.07) is 8.08. The summed E-state index contributed by atoms with van der Waals surface area (Å²) < 4.78 is 5.38. The van der Waals surface area contributed by atoms with Gasteiger partial charge in [0, 0.05) is 50.0 Å². The standard InChI is InChI=1S/C21H32N4O3/c1-2-3-4-20(26)22-18-9-11-25(12-10-18)21(27)23-17-5-7-19(8-6-17)24-13-15-28-16-14-24/h5-8,18H,2-4,9-16H2,1H3,(H,22,26)(H,23,27). The van der Waals surface area contributed by atoms with Gasteiger partial charge in [-0.25, -0.2) is 4.79 Å². The van der Waals surface area contributed by atoms with Gasteiger partial charge in [-0.2, -0.15) is 0 Å². The first-order chi connectivity index (χ1) is 13.7. The molecule has 2 heterocycles. The molecular weight excluding hydrogens is 356 g/mol. The number of amides is 3. The first-order valence-electron chi connectivity index (χ1n) is 10.4. The van der Waals surface area contributed by atoms with Crippen molar-refractivity contribution in [3.05, 3.63) is 24.3 Å². The van der Waals surface area contributed by atoms with Crippen LogP contribution in [0.15, 0.2) is 24.3 Å². The third-order valence-electron chi connectivity index (χ3n) is 5.40. The van der Waals surface area contributed by atoms with Crippen LogP contribution in [0.1, 0.15) is 39.0 Å². The Hall–Kier alpha value is -2.28. The fourth-order valence-electron chi connectivity index (χ4n) is 3.64. The maximum absolute atomic E-state index is 12.5. The van der Waals surface area contributed by atoms with Gasteiger partial charge in [0.1, 0.15) is 0 Å². The molecule has 154 valence electrons. The van der Waals surface area contributed by atoms with E-state index in [1.807, 2.05) is 29.2 Å². The van der Waals surface area contributed by atoms with E-state index in [0.29, 0.717) is 19.5 Å². The lowest BCUT2D eigenvalue weighted by molar-refractivity contribution is -0.122. The number of hydrogen-bond acceptors (Lipinski definition) is 4. The molecule has 0 radical (unpaired) electrons. The van der Waals surface area contributed by atoms with Crippen molar-refractivity contribution in [3.63, 3.8) is 0 Å². The molecule has 2 saturated heterocycles. The number of likely N-dealkylation sites (tertiary alicyclic amines) is 1. The number of urea groups is 1. The average molecular weight is 389 g/mol. The third kappa shape index (κ3) is 5.86. The Bertz CT molecular complexity index is 636. The Morgan fingerprint density at radius 1 is 1.07 bits per heavy atom. The molecule has 3 amide bonds. The topological polar surface area (TPSA) is 73.9 Å². The molecule has 0 unspecified atom stereocenters. The van der Waals surface area contributed by atoms with Crippen molar-refractivity contribution < 1.29 is 14.3 Å². The van der Waals surface area contributed by atoms with Gasteiger partial charge in [0.15, 0.2) is 0 Å². The molecule has 1 aromatic carbocycles. The van der Waals surface area contributed by atoms with E-state index < -0.39 is 0 Å². The number of carbonyl (C=O) groups is 2. The van der Waals surface area contributed by atoms with Crippen LogP contribution < -0.4 is 15.5 Å². The van der Waals surface area contributed by atoms with Gasteiger partial charge in [-0.3, -0.25) is 4.79 Å². The normalized spacial score (nSPS) is 18.0. The summed E-state index contributed by atoms with van der Waals surface area (Å²) >= 11 is 0. The molecule has 28 heavy (non-hydrogen) atoms. The number of benzene rings is 1. The summed E-state index contributed by atoms with van der Waals surface area (Å²) in [5.41, 5.74) is 1.96. The van der Waals surface area contributed by atoms with Gasteiger partial charge in [-0.15, -0.1) is 0 Å². The Morgan fingerprint density at radius 2 is 1.75 bits per heavy atom. The molecule has 0 spiro atoms. The number of anilines is 2. The summed E-state index contributed by atoms with van der Waals surface area (Å²) in [5.74, 6) is 0.130. The number of morpholine rings is 1. The third-order valence-corrected chi connectivity index (χ3v) is 5.40. The van der Waals surface area contributed by atoms with Gasteiger partial charge in [-0.1, -0.05) is 13.3 Å². The van der Waals surface area contributed by atoms with Crippen molar-refractivity contribution in [2.75, 3.05) is 49.6 Å². The number of rotatable bonds is 6. The number of piperidine rings is 1. The number of nitrogens with zero attached hydrogens (tertiary/aromatic N) is 2. The molecule has 0 atom stereocenters. The number of unbranched alkanes of at least 4 members (excludes halogenated alkanes) is 1. The fourth-order valence-corrected chi connectivity index (χ4v) is 3.64. The Morgan fingerprint density at radius 3 is 2.39 bits per heavy atom. The van der Waals surface area contributed by atoms with Gasteiger partial charge >= 0.3 is 6.03 Å². The number of hydrogen-bond donors (Lipinski definition) is 2. The molecule has 0 aliphatic carbocycles. The monoisotopic (exact) mass is 388 g/mol. The van der Waals surface area contributed by atoms with Crippen molar-refractivity contribution in [1.29, 1.82) is 0 Å². The van der Waals surface area contributed by atoms with E-state index in [1.165, 1.54) is 0 Å². The van der Waals surface area contributed by atoms with Crippen molar-refractivity contribution >= 4 is 23.3 Å². The Labute approximate surface area is 167 Å². The molecule has 2 fully saturated rings. The lowest BCUT2D eigenvalue weighted by Crippen LogP contribution is -2.47. The zero-order valence-corrected chi connectivity index (χ0v) is 16.8. The van der Waals surface area contributed by atoms with E-state index in [-0.39, 0.29) is 18.0 Å². The molecule has 1 aromatic rings. The van der Waals surface area contributed by atoms with E-state index in [0.717, 1.165) is 63.4 Å². The predicted molar refractivity (Wildman–Crippen MR) is 111 cm³/mol. The van der Waals surface area contributed by atoms with Crippen LogP contribution in [0.4, 0.5) is 16.2 Å². The molecule has 2 aliphatic rings. The molecule has 7 nitrogen and oxygen atoms in total. The molecule has 7 heteroatoms. The first kappa shape index (κ1) is 20.5. The van der Waals surface area contributed by atoms with E-state index in [2.05, 4.69) is 22.5 Å². The largest absolute Gasteiger partial charge is 0.378 e. The minimum atomic E-state index is -0.0742. The molecular formula is C21H32N4O3. The van der Waals surface area contributed by atoms with Crippen LogP contribution in [0, 0.1) is 0 Å². The minimum absolute atomic E-state index is 0.0742. The summed E-state index contributed by atoms with van der Waals surface area (Å²) in [4.78, 5) is 28.5. The van der Waals surface area contributed by atoms with E-state index >= 15 is 0 Å². The average Bonchev–Trinajstić information content (AvgIpc) is 2.74. The summed E-state index contributed by atoms with van der Waals surface area (Å²) in [5, 5.41) is 6.07. The van der Waals surface area contributed by atoms with Gasteiger partial charge in [-0.05, 0) is 43.5 Å². The highest BCUT2D eigenvalue weighted by molar-refractivity contribution is 5.89. The molecule has 0 aromatic heterocycles. The lowest BCUT2D eigenvalue weighted by Gasteiger charge is -2.32. The van der Waals surface area contributed by atoms with Crippen LogP contribution in [0.2, 0.25) is 0 Å². The fraction of sp³-hybridized carbons (Fsp3) is 0.619. The van der Waals surface area contributed by atoms with E-state index in [9.17, 15) is 9.59 Å². The van der Waals surface area contributed by atoms with Crippen molar-refractivity contribution in [3.8, 4) is 0 Å². The van der Waals surface area contributed by atoms with Gasteiger partial charge in [0.25, 0.3) is 0 Å². The zero-order valence-electron chi connectivity index (χ0n) is 16.8. The van der Waals surface area contributed by atoms with Gasteiger partial charge in [0.2, 0.25) is 5.91 Å². The van der Waals surface area contributed by atoms with Crippen LogP contribution >= 0.6 is 0 Å². The predicted octanol–water partition coefficient (Wildman–Crippen LogP) is 2.83. The highest BCUT2D eigenvalue weighted by Crippen LogP contribution is 2.20. The second kappa shape index (κ2) is 10.3. The van der Waals surface area contributed by atoms with Crippen LogP contribution in [-0.4, -0.2) is 62.3 Å². The number of nitrogens with one attached hydrogen (secondary N) is 2. The van der Waals surface area contributed by atoms with E-state index in [1.54, 1.807) is 0 Å². The lowest BCUT2D eigenvalue weighted by atomic mass is 10.0. The van der Waals surface area contributed by atoms with Crippen LogP contribution in [0.5, 0.6) is 0 Å². The summed E-state index contributed by atoms with van der Waals surface area (Å²) in [6.45, 7) is 6.72. The maximum atomic E-state index is 12.5. The van der Waals surface area contributed by atoms with Gasteiger partial charge < -0.3 is 25.2 Å². The molecule has 0 saturated carbocycles. The highest BCUT2D eigenvalue weighted by atomic mass is 16.5. The molecule has 2 aliphatic heterocycles. The van der Waals surface area contributed by atoms with Crippen molar-refractivity contribution in [1.82, 2.24) is 10.2 Å². The van der Waals surface area contributed by atoms with Crippen molar-refractivity contribution in [2.45, 2.75) is 45.1 Å². The van der Waals surface area contributed by atoms with Crippen molar-refractivity contribution in [2.24, 2.45) is 0 Å². The SMILES string of the molecule is CCCCC(=O)NC1CCN(C(=O)Nc2ccc(N3CCOCC3)cc2)CC1. The number of ether oxygens (including phenoxy) is 1. The maximum Gasteiger partial charge on any atom is 0.321 e. The van der Waals surface area contributed by atoms with Crippen LogP contribution in [-0.2, 0) is 9.53 Å².